The highest BCUT2D eigenvalue weighted by Gasteiger charge is 2.15. The van der Waals surface area contributed by atoms with Crippen molar-refractivity contribution in [3.8, 4) is 0 Å². The molecule has 0 aliphatic heterocycles. The Labute approximate surface area is 125 Å². The molecule has 1 aromatic carbocycles. The van der Waals surface area contributed by atoms with Gasteiger partial charge in [0, 0.05) is 33.5 Å². The second kappa shape index (κ2) is 6.66. The van der Waals surface area contributed by atoms with Gasteiger partial charge in [-0.2, -0.15) is 0 Å². The number of hydrogen-bond donors (Lipinski definition) is 1. The lowest BCUT2D eigenvalue weighted by atomic mass is 10.0. The smallest absolute Gasteiger partial charge is 0.0943 e. The van der Waals surface area contributed by atoms with Gasteiger partial charge >= 0.3 is 0 Å². The van der Waals surface area contributed by atoms with Gasteiger partial charge in [-0.3, -0.25) is 0 Å². The van der Waals surface area contributed by atoms with Crippen LogP contribution in [0.25, 0.3) is 0 Å². The molecule has 0 bridgehead atoms. The third-order valence-electron chi connectivity index (χ3n) is 2.65. The van der Waals surface area contributed by atoms with Crippen molar-refractivity contribution in [1.29, 1.82) is 0 Å². The van der Waals surface area contributed by atoms with Gasteiger partial charge in [-0.25, -0.2) is 4.98 Å². The standard InChI is InChI=1S/C13H14BrClN2S/c1-2-16-12(8-13-17-5-6-18-13)10-7-9(15)3-4-11(10)14/h3-7,12,16H,2,8H2,1H3. The number of thiazole rings is 1. The molecule has 0 aliphatic carbocycles. The minimum Gasteiger partial charge on any atom is -0.310 e. The van der Waals surface area contributed by atoms with Gasteiger partial charge in [-0.15, -0.1) is 11.3 Å². The lowest BCUT2D eigenvalue weighted by Crippen LogP contribution is -2.23. The Balaban J connectivity index is 2.26. The molecule has 0 saturated carbocycles. The van der Waals surface area contributed by atoms with Crippen molar-refractivity contribution >= 4 is 38.9 Å². The molecule has 0 amide bonds. The molecule has 5 heteroatoms. The van der Waals surface area contributed by atoms with Gasteiger partial charge < -0.3 is 5.32 Å². The molecule has 18 heavy (non-hydrogen) atoms. The van der Waals surface area contributed by atoms with Crippen LogP contribution in [0.2, 0.25) is 5.02 Å². The summed E-state index contributed by atoms with van der Waals surface area (Å²) in [6.45, 7) is 3.02. The summed E-state index contributed by atoms with van der Waals surface area (Å²) < 4.78 is 1.08. The van der Waals surface area contributed by atoms with Crippen molar-refractivity contribution in [2.45, 2.75) is 19.4 Å². The number of nitrogens with one attached hydrogen (secondary N) is 1. The molecule has 1 aromatic heterocycles. The first-order chi connectivity index (χ1) is 8.70. The second-order valence-corrected chi connectivity index (χ2v) is 6.18. The third-order valence-corrected chi connectivity index (χ3v) is 4.41. The highest BCUT2D eigenvalue weighted by molar-refractivity contribution is 9.10. The van der Waals surface area contributed by atoms with E-state index in [4.69, 9.17) is 11.6 Å². The van der Waals surface area contributed by atoms with Gasteiger partial charge in [-0.1, -0.05) is 34.5 Å². The van der Waals surface area contributed by atoms with E-state index in [0.29, 0.717) is 0 Å². The fourth-order valence-corrected chi connectivity index (χ4v) is 3.22. The average Bonchev–Trinajstić information content (AvgIpc) is 2.85. The van der Waals surface area contributed by atoms with Crippen LogP contribution < -0.4 is 5.32 Å². The van der Waals surface area contributed by atoms with E-state index in [0.717, 1.165) is 27.5 Å². The molecule has 96 valence electrons. The predicted octanol–water partition coefficient (Wildman–Crippen LogP) is 4.45. The Bertz CT molecular complexity index is 502. The minimum atomic E-state index is 0.231. The Morgan fingerprint density at radius 1 is 1.50 bits per heavy atom. The number of rotatable bonds is 5. The Kier molecular flexibility index (Phi) is 5.18. The van der Waals surface area contributed by atoms with E-state index in [1.165, 1.54) is 5.56 Å². The summed E-state index contributed by atoms with van der Waals surface area (Å²) in [7, 11) is 0. The number of hydrogen-bond acceptors (Lipinski definition) is 3. The number of nitrogens with zero attached hydrogens (tertiary/aromatic N) is 1. The summed E-state index contributed by atoms with van der Waals surface area (Å²) in [5.74, 6) is 0. The first-order valence-electron chi connectivity index (χ1n) is 5.77. The van der Waals surface area contributed by atoms with E-state index in [-0.39, 0.29) is 6.04 Å². The lowest BCUT2D eigenvalue weighted by Gasteiger charge is -2.19. The molecule has 1 N–H and O–H groups in total. The summed E-state index contributed by atoms with van der Waals surface area (Å²) in [5, 5.41) is 7.38. The molecular weight excluding hydrogens is 332 g/mol. The fourth-order valence-electron chi connectivity index (χ4n) is 1.85. The summed E-state index contributed by atoms with van der Waals surface area (Å²) in [6.07, 6.45) is 2.72. The molecule has 0 spiro atoms. The fraction of sp³-hybridized carbons (Fsp3) is 0.308. The summed E-state index contributed by atoms with van der Waals surface area (Å²) in [4.78, 5) is 4.35. The summed E-state index contributed by atoms with van der Waals surface area (Å²) >= 11 is 11.4. The lowest BCUT2D eigenvalue weighted by molar-refractivity contribution is 0.547. The maximum atomic E-state index is 6.08. The summed E-state index contributed by atoms with van der Waals surface area (Å²) in [5.41, 5.74) is 1.18. The van der Waals surface area contributed by atoms with E-state index in [1.54, 1.807) is 11.3 Å². The van der Waals surface area contributed by atoms with E-state index >= 15 is 0 Å². The monoisotopic (exact) mass is 344 g/mol. The zero-order valence-electron chi connectivity index (χ0n) is 9.99. The largest absolute Gasteiger partial charge is 0.310 e. The first-order valence-corrected chi connectivity index (χ1v) is 7.82. The minimum absolute atomic E-state index is 0.231. The molecular formula is C13H14BrClN2S. The number of halogens is 2. The SMILES string of the molecule is CCNC(Cc1nccs1)c1cc(Cl)ccc1Br. The van der Waals surface area contributed by atoms with Gasteiger partial charge in [0.25, 0.3) is 0 Å². The normalized spacial score (nSPS) is 12.6. The molecule has 0 saturated heterocycles. The molecule has 0 aliphatic rings. The van der Waals surface area contributed by atoms with Crippen molar-refractivity contribution in [3.63, 3.8) is 0 Å². The zero-order valence-corrected chi connectivity index (χ0v) is 13.1. The second-order valence-electron chi connectivity index (χ2n) is 3.91. The summed E-state index contributed by atoms with van der Waals surface area (Å²) in [6, 6.07) is 6.12. The van der Waals surface area contributed by atoms with Crippen molar-refractivity contribution in [2.24, 2.45) is 0 Å². The van der Waals surface area contributed by atoms with Crippen LogP contribution in [0.4, 0.5) is 0 Å². The maximum Gasteiger partial charge on any atom is 0.0943 e. The zero-order chi connectivity index (χ0) is 13.0. The molecule has 0 fully saturated rings. The van der Waals surface area contributed by atoms with Crippen LogP contribution >= 0.6 is 38.9 Å². The van der Waals surface area contributed by atoms with E-state index in [2.05, 4.69) is 33.2 Å². The van der Waals surface area contributed by atoms with Gasteiger partial charge in [0.2, 0.25) is 0 Å². The molecule has 2 aromatic rings. The Hall–Kier alpha value is -0.420. The highest BCUT2D eigenvalue weighted by Crippen LogP contribution is 2.29. The van der Waals surface area contributed by atoms with Crippen LogP contribution in [0.1, 0.15) is 23.5 Å². The molecule has 2 rings (SSSR count). The Morgan fingerprint density at radius 3 is 3.00 bits per heavy atom. The van der Waals surface area contributed by atoms with Gasteiger partial charge in [0.1, 0.15) is 0 Å². The van der Waals surface area contributed by atoms with Gasteiger partial charge in [0.05, 0.1) is 5.01 Å². The number of likely N-dealkylation sites (N-methyl/N-ethyl adjacent to an activating group) is 1. The van der Waals surface area contributed by atoms with Gasteiger partial charge in [-0.05, 0) is 30.3 Å². The van der Waals surface area contributed by atoms with Gasteiger partial charge in [0.15, 0.2) is 0 Å². The van der Waals surface area contributed by atoms with Crippen LogP contribution in [-0.4, -0.2) is 11.5 Å². The average molecular weight is 346 g/mol. The van der Waals surface area contributed by atoms with Crippen molar-refractivity contribution in [2.75, 3.05) is 6.54 Å². The quantitative estimate of drug-likeness (QED) is 0.866. The molecule has 2 nitrogen and oxygen atoms in total. The highest BCUT2D eigenvalue weighted by atomic mass is 79.9. The van der Waals surface area contributed by atoms with Crippen LogP contribution in [0, 0.1) is 0 Å². The maximum absolute atomic E-state index is 6.08. The van der Waals surface area contributed by atoms with Crippen LogP contribution in [0.5, 0.6) is 0 Å². The predicted molar refractivity (Wildman–Crippen MR) is 81.4 cm³/mol. The molecule has 1 heterocycles. The van der Waals surface area contributed by atoms with Crippen LogP contribution in [-0.2, 0) is 6.42 Å². The topological polar surface area (TPSA) is 24.9 Å². The van der Waals surface area contributed by atoms with Crippen molar-refractivity contribution < 1.29 is 0 Å². The first kappa shape index (κ1) is 14.0. The molecule has 1 atom stereocenters. The Morgan fingerprint density at radius 2 is 2.33 bits per heavy atom. The van der Waals surface area contributed by atoms with Crippen molar-refractivity contribution in [1.82, 2.24) is 10.3 Å². The number of aromatic nitrogens is 1. The molecule has 1 unspecified atom stereocenters. The van der Waals surface area contributed by atoms with E-state index < -0.39 is 0 Å². The third kappa shape index (κ3) is 3.54. The van der Waals surface area contributed by atoms with E-state index in [1.807, 2.05) is 29.8 Å². The number of benzene rings is 1. The van der Waals surface area contributed by atoms with Crippen LogP contribution in [0.15, 0.2) is 34.2 Å². The molecule has 0 radical (unpaired) electrons. The van der Waals surface area contributed by atoms with Crippen LogP contribution in [0.3, 0.4) is 0 Å². The van der Waals surface area contributed by atoms with E-state index in [9.17, 15) is 0 Å². The van der Waals surface area contributed by atoms with Crippen molar-refractivity contribution in [3.05, 3.63) is 49.8 Å².